The number of hydrogen-bond donors (Lipinski definition) is 4. The van der Waals surface area contributed by atoms with Crippen molar-refractivity contribution >= 4 is 25.7 Å². The van der Waals surface area contributed by atoms with Gasteiger partial charge in [-0.3, -0.25) is 23.4 Å². The second-order valence-corrected chi connectivity index (χ2v) is 14.7. The van der Waals surface area contributed by atoms with Crippen molar-refractivity contribution in [1.82, 2.24) is 0 Å². The fraction of sp³-hybridized carbons (Fsp3) is 0.683. The molecule has 2 unspecified atom stereocenters. The van der Waals surface area contributed by atoms with E-state index in [0.717, 1.165) is 38.5 Å². The van der Waals surface area contributed by atoms with Gasteiger partial charge >= 0.3 is 25.7 Å². The van der Waals surface area contributed by atoms with Gasteiger partial charge in [0.25, 0.3) is 0 Å². The fourth-order valence-corrected chi connectivity index (χ4v) is 5.72. The Hall–Kier alpha value is -2.86. The molecule has 0 aromatic rings. The maximum absolute atomic E-state index is 12.6. The average molecular weight is 784 g/mol. The van der Waals surface area contributed by atoms with Crippen molar-refractivity contribution in [3.8, 4) is 0 Å². The van der Waals surface area contributed by atoms with Crippen LogP contribution in [0, 0.1) is 0 Å². The predicted octanol–water partition coefficient (Wildman–Crippen LogP) is 8.97. The molecule has 0 heterocycles. The Morgan fingerprint density at radius 3 is 1.87 bits per heavy atom. The van der Waals surface area contributed by atoms with Gasteiger partial charge in [0.2, 0.25) is 0 Å². The second kappa shape index (κ2) is 35.8. The number of carboxylic acid groups (broad SMARTS) is 1. The SMILES string of the molecule is CC/C=C\C(O)C/C=C/C=C\C/C=C\C/C=C\CCCC(=O)O[C@H](COC(=O)CCCCCCCCCCCCCC)COP(=O)(O)OC[C@H](N)C(=O)O. The van der Waals surface area contributed by atoms with Crippen LogP contribution in [0.15, 0.2) is 60.8 Å². The van der Waals surface area contributed by atoms with E-state index in [2.05, 4.69) is 17.5 Å². The van der Waals surface area contributed by atoms with Crippen molar-refractivity contribution in [3.63, 3.8) is 0 Å². The molecule has 0 aromatic heterocycles. The first-order valence-corrected chi connectivity index (χ1v) is 21.4. The Morgan fingerprint density at radius 2 is 1.24 bits per heavy atom. The lowest BCUT2D eigenvalue weighted by atomic mass is 10.0. The number of aliphatic hydroxyl groups excluding tert-OH is 1. The lowest BCUT2D eigenvalue weighted by molar-refractivity contribution is -0.161. The third-order valence-electron chi connectivity index (χ3n) is 8.10. The molecule has 0 fully saturated rings. The van der Waals surface area contributed by atoms with Gasteiger partial charge in [-0.15, -0.1) is 0 Å². The number of rotatable bonds is 36. The minimum absolute atomic E-state index is 0.0640. The van der Waals surface area contributed by atoms with E-state index in [4.69, 9.17) is 24.8 Å². The van der Waals surface area contributed by atoms with E-state index in [1.54, 1.807) is 6.08 Å². The molecule has 0 saturated heterocycles. The molecule has 0 bridgehead atoms. The first-order chi connectivity index (χ1) is 26.0. The summed E-state index contributed by atoms with van der Waals surface area (Å²) in [7, 11) is -4.74. The van der Waals surface area contributed by atoms with Crippen molar-refractivity contribution in [1.29, 1.82) is 0 Å². The molecule has 0 radical (unpaired) electrons. The summed E-state index contributed by atoms with van der Waals surface area (Å²) in [4.78, 5) is 45.8. The minimum atomic E-state index is -4.74. The zero-order valence-corrected chi connectivity index (χ0v) is 33.8. The molecule has 4 atom stereocenters. The number of esters is 2. The number of aliphatic carboxylic acids is 1. The third-order valence-corrected chi connectivity index (χ3v) is 9.06. The molecule has 54 heavy (non-hydrogen) atoms. The number of unbranched alkanes of at least 4 members (excludes halogenated alkanes) is 12. The topological polar surface area (TPSA) is 192 Å². The molecule has 0 aliphatic rings. The molecule has 12 nitrogen and oxygen atoms in total. The molecular formula is C41H70NO11P. The van der Waals surface area contributed by atoms with Crippen LogP contribution in [-0.4, -0.2) is 71.1 Å². The predicted molar refractivity (Wildman–Crippen MR) is 214 cm³/mol. The van der Waals surface area contributed by atoms with Crippen molar-refractivity contribution in [2.45, 2.75) is 161 Å². The van der Waals surface area contributed by atoms with Crippen LogP contribution in [0.25, 0.3) is 0 Å². The molecule has 310 valence electrons. The van der Waals surface area contributed by atoms with Gasteiger partial charge in [-0.2, -0.15) is 0 Å². The van der Waals surface area contributed by atoms with Crippen LogP contribution in [0.4, 0.5) is 0 Å². The van der Waals surface area contributed by atoms with Gasteiger partial charge in [0.1, 0.15) is 12.6 Å². The lowest BCUT2D eigenvalue weighted by Gasteiger charge is -2.20. The van der Waals surface area contributed by atoms with Gasteiger partial charge in [-0.25, -0.2) is 4.57 Å². The van der Waals surface area contributed by atoms with Crippen LogP contribution in [0.5, 0.6) is 0 Å². The highest BCUT2D eigenvalue weighted by molar-refractivity contribution is 7.47. The zero-order chi connectivity index (χ0) is 40.1. The van der Waals surface area contributed by atoms with Gasteiger partial charge in [-0.05, 0) is 44.9 Å². The molecule has 0 rings (SSSR count). The Kier molecular flexibility index (Phi) is 33.9. The maximum Gasteiger partial charge on any atom is 0.472 e. The molecular weight excluding hydrogens is 713 g/mol. The van der Waals surface area contributed by atoms with Crippen molar-refractivity contribution in [3.05, 3.63) is 60.8 Å². The number of carboxylic acids is 1. The van der Waals surface area contributed by atoms with Gasteiger partial charge < -0.3 is 30.3 Å². The van der Waals surface area contributed by atoms with Crippen LogP contribution in [0.2, 0.25) is 0 Å². The highest BCUT2D eigenvalue weighted by Crippen LogP contribution is 2.43. The normalized spacial score (nSPS) is 15.1. The van der Waals surface area contributed by atoms with Crippen LogP contribution >= 0.6 is 7.82 Å². The van der Waals surface area contributed by atoms with Crippen LogP contribution < -0.4 is 5.73 Å². The van der Waals surface area contributed by atoms with Crippen molar-refractivity contribution in [2.24, 2.45) is 5.73 Å². The van der Waals surface area contributed by atoms with Crippen LogP contribution in [0.3, 0.4) is 0 Å². The lowest BCUT2D eigenvalue weighted by Crippen LogP contribution is -2.34. The van der Waals surface area contributed by atoms with Crippen molar-refractivity contribution in [2.75, 3.05) is 19.8 Å². The summed E-state index contributed by atoms with van der Waals surface area (Å²) in [5.41, 5.74) is 5.31. The minimum Gasteiger partial charge on any atom is -0.480 e. The number of ether oxygens (including phenoxy) is 2. The highest BCUT2D eigenvalue weighted by Gasteiger charge is 2.28. The summed E-state index contributed by atoms with van der Waals surface area (Å²) < 4.78 is 32.5. The van der Waals surface area contributed by atoms with Crippen LogP contribution in [-0.2, 0) is 37.5 Å². The molecule has 0 saturated carbocycles. The maximum atomic E-state index is 12.6. The van der Waals surface area contributed by atoms with Crippen LogP contribution in [0.1, 0.15) is 142 Å². The number of carbonyl (C=O) groups excluding carboxylic acids is 2. The number of nitrogens with two attached hydrogens (primary N) is 1. The molecule has 0 aliphatic heterocycles. The monoisotopic (exact) mass is 783 g/mol. The Labute approximate surface area is 324 Å². The van der Waals surface area contributed by atoms with Gasteiger partial charge in [-0.1, -0.05) is 145 Å². The number of hydrogen-bond acceptors (Lipinski definition) is 10. The number of allylic oxidation sites excluding steroid dienone is 8. The summed E-state index contributed by atoms with van der Waals surface area (Å²) in [5, 5.41) is 18.6. The standard InChI is InChI=1S/C41H70NO11P/c1-3-5-7-8-9-10-11-15-18-21-24-27-31-39(44)50-33-37(34-51-54(48,49)52-35-38(42)41(46)47)53-40(45)32-28-25-22-19-16-13-12-14-17-20-23-26-30-36(43)29-6-4-2/h6,12-13,17,19-20,22-23,26,29,36-38,43H,3-5,7-11,14-16,18,21,24-25,27-28,30-35,42H2,1-2H3,(H,46,47)(H,48,49)/b13-12-,20-17-,22-19-,26-23+,29-6-/t36?,37-,38+/m1/s1. The Bertz CT molecular complexity index is 1170. The molecule has 13 heteroatoms. The number of phosphoric acid groups is 1. The van der Waals surface area contributed by atoms with E-state index in [1.807, 2.05) is 55.5 Å². The zero-order valence-electron chi connectivity index (χ0n) is 32.9. The summed E-state index contributed by atoms with van der Waals surface area (Å²) in [6, 6.07) is -1.54. The van der Waals surface area contributed by atoms with E-state index < -0.39 is 57.2 Å². The largest absolute Gasteiger partial charge is 0.480 e. The van der Waals surface area contributed by atoms with Gasteiger partial charge in [0.05, 0.1) is 19.3 Å². The summed E-state index contributed by atoms with van der Waals surface area (Å²) in [5.74, 6) is -2.49. The van der Waals surface area contributed by atoms with E-state index in [-0.39, 0.29) is 19.4 Å². The first kappa shape index (κ1) is 51.1. The Morgan fingerprint density at radius 1 is 0.685 bits per heavy atom. The van der Waals surface area contributed by atoms with E-state index in [0.29, 0.717) is 25.7 Å². The quantitative estimate of drug-likeness (QED) is 0.0155. The summed E-state index contributed by atoms with van der Waals surface area (Å²) in [6.45, 7) is 2.47. The van der Waals surface area contributed by atoms with Crippen molar-refractivity contribution < 1.29 is 52.6 Å². The average Bonchev–Trinajstić information content (AvgIpc) is 3.14. The molecule has 0 aromatic carbocycles. The third kappa shape index (κ3) is 34.9. The smallest absolute Gasteiger partial charge is 0.472 e. The van der Waals surface area contributed by atoms with E-state index >= 15 is 0 Å². The second-order valence-electron chi connectivity index (χ2n) is 13.2. The fourth-order valence-electron chi connectivity index (χ4n) is 4.94. The van der Waals surface area contributed by atoms with Gasteiger partial charge in [0, 0.05) is 12.8 Å². The van der Waals surface area contributed by atoms with Gasteiger partial charge in [0.15, 0.2) is 6.10 Å². The first-order valence-electron chi connectivity index (χ1n) is 19.9. The number of phosphoric ester groups is 1. The van der Waals surface area contributed by atoms with E-state index in [9.17, 15) is 28.9 Å². The summed E-state index contributed by atoms with van der Waals surface area (Å²) >= 11 is 0. The summed E-state index contributed by atoms with van der Waals surface area (Å²) in [6.07, 6.45) is 36.4. The highest BCUT2D eigenvalue weighted by atomic mass is 31.2. The van der Waals surface area contributed by atoms with E-state index in [1.165, 1.54) is 51.4 Å². The molecule has 5 N–H and O–H groups in total. The number of aliphatic hydroxyl groups is 1. The number of carbonyl (C=O) groups is 3. The molecule has 0 spiro atoms. The molecule has 0 aliphatic carbocycles. The Balaban J connectivity index is 4.56. The molecule has 0 amide bonds.